The summed E-state index contributed by atoms with van der Waals surface area (Å²) < 4.78 is 12.8. The summed E-state index contributed by atoms with van der Waals surface area (Å²) in [6.45, 7) is 2.36. The van der Waals surface area contributed by atoms with Crippen molar-refractivity contribution < 1.29 is 23.9 Å². The fraction of sp³-hybridized carbons (Fsp3) is 0.115. The van der Waals surface area contributed by atoms with E-state index >= 15 is 0 Å². The minimum atomic E-state index is -0.809. The first kappa shape index (κ1) is 24.7. The second-order valence-electron chi connectivity index (χ2n) is 7.73. The Morgan fingerprint density at radius 3 is 2.29 bits per heavy atom. The van der Waals surface area contributed by atoms with Crippen LogP contribution in [0.1, 0.15) is 16.7 Å². The van der Waals surface area contributed by atoms with Crippen LogP contribution < -0.4 is 19.7 Å². The van der Waals surface area contributed by atoms with E-state index in [9.17, 15) is 14.4 Å². The van der Waals surface area contributed by atoms with Gasteiger partial charge in [0.15, 0.2) is 11.5 Å². The van der Waals surface area contributed by atoms with Gasteiger partial charge in [-0.1, -0.05) is 61.7 Å². The Morgan fingerprint density at radius 1 is 0.943 bits per heavy atom. The fourth-order valence-electron chi connectivity index (χ4n) is 3.42. The molecule has 1 saturated heterocycles. The summed E-state index contributed by atoms with van der Waals surface area (Å²) in [5, 5.41) is 2.22. The summed E-state index contributed by atoms with van der Waals surface area (Å²) in [6, 6.07) is 17.2. The number of methoxy groups -OCH3 is 1. The van der Waals surface area contributed by atoms with Crippen molar-refractivity contribution in [3.63, 3.8) is 0 Å². The summed E-state index contributed by atoms with van der Waals surface area (Å²) in [6.07, 6.45) is 1.41. The van der Waals surface area contributed by atoms with Crippen molar-refractivity contribution in [2.75, 3.05) is 12.0 Å². The average Bonchev–Trinajstić information content (AvgIpc) is 2.83. The number of hydrogen-bond donors (Lipinski definition) is 1. The van der Waals surface area contributed by atoms with Crippen molar-refractivity contribution >= 4 is 61.5 Å². The zero-order valence-electron chi connectivity index (χ0n) is 18.8. The van der Waals surface area contributed by atoms with E-state index in [1.54, 1.807) is 36.4 Å². The zero-order chi connectivity index (χ0) is 25.1. The van der Waals surface area contributed by atoms with E-state index in [0.717, 1.165) is 20.5 Å². The van der Waals surface area contributed by atoms with E-state index in [0.29, 0.717) is 33.8 Å². The van der Waals surface area contributed by atoms with Crippen molar-refractivity contribution in [2.24, 2.45) is 0 Å². The van der Waals surface area contributed by atoms with Gasteiger partial charge in [-0.15, -0.1) is 0 Å². The lowest BCUT2D eigenvalue weighted by molar-refractivity contribution is -0.122. The van der Waals surface area contributed by atoms with Gasteiger partial charge in [-0.05, 0) is 60.5 Å². The summed E-state index contributed by atoms with van der Waals surface area (Å²) >= 11 is 6.81. The molecule has 35 heavy (non-hydrogen) atoms. The Bertz CT molecular complexity index is 1340. The minimum Gasteiger partial charge on any atom is -0.493 e. The Labute approximate surface area is 219 Å². The number of barbiturate groups is 1. The molecular formula is C26H20Br2N2O5. The number of anilines is 1. The highest BCUT2D eigenvalue weighted by Gasteiger charge is 2.37. The van der Waals surface area contributed by atoms with Crippen LogP contribution in [0.3, 0.4) is 0 Å². The number of ether oxygens (including phenoxy) is 2. The Hall–Kier alpha value is -3.43. The first-order valence-corrected chi connectivity index (χ1v) is 12.1. The van der Waals surface area contributed by atoms with Crippen LogP contribution >= 0.6 is 31.9 Å². The van der Waals surface area contributed by atoms with Crippen molar-refractivity contribution in [1.29, 1.82) is 0 Å². The molecule has 4 amide bonds. The van der Waals surface area contributed by atoms with Gasteiger partial charge >= 0.3 is 6.03 Å². The molecule has 1 aliphatic heterocycles. The number of nitrogens with zero attached hydrogens (tertiary/aromatic N) is 1. The van der Waals surface area contributed by atoms with Crippen LogP contribution in [0.25, 0.3) is 6.08 Å². The molecule has 1 N–H and O–H groups in total. The molecule has 7 nitrogen and oxygen atoms in total. The topological polar surface area (TPSA) is 84.9 Å². The molecule has 4 rings (SSSR count). The molecule has 0 spiro atoms. The van der Waals surface area contributed by atoms with Gasteiger partial charge in [-0.3, -0.25) is 14.9 Å². The number of rotatable bonds is 6. The SMILES string of the molecule is COc1cc(/C=C2\C(=O)NC(=O)N(c3ccc(Br)cc3)C2=O)c(Br)cc1OCc1ccc(C)cc1. The van der Waals surface area contributed by atoms with E-state index in [2.05, 4.69) is 37.2 Å². The second-order valence-corrected chi connectivity index (χ2v) is 9.50. The lowest BCUT2D eigenvalue weighted by Gasteiger charge is -2.26. The number of carbonyl (C=O) groups excluding carboxylic acids is 3. The molecule has 0 saturated carbocycles. The summed E-state index contributed by atoms with van der Waals surface area (Å²) in [4.78, 5) is 39.0. The molecule has 3 aromatic rings. The highest BCUT2D eigenvalue weighted by Crippen LogP contribution is 2.36. The smallest absolute Gasteiger partial charge is 0.335 e. The minimum absolute atomic E-state index is 0.191. The lowest BCUT2D eigenvalue weighted by atomic mass is 10.1. The van der Waals surface area contributed by atoms with Crippen molar-refractivity contribution in [1.82, 2.24) is 5.32 Å². The van der Waals surface area contributed by atoms with Gasteiger partial charge < -0.3 is 9.47 Å². The predicted octanol–water partition coefficient (Wildman–Crippen LogP) is 5.77. The van der Waals surface area contributed by atoms with Crippen molar-refractivity contribution in [2.45, 2.75) is 13.5 Å². The van der Waals surface area contributed by atoms with Gasteiger partial charge in [0.1, 0.15) is 12.2 Å². The van der Waals surface area contributed by atoms with Gasteiger partial charge in [0.05, 0.1) is 12.8 Å². The molecule has 0 atom stereocenters. The highest BCUT2D eigenvalue weighted by atomic mass is 79.9. The van der Waals surface area contributed by atoms with Crippen LogP contribution in [0.4, 0.5) is 10.5 Å². The number of imide groups is 2. The predicted molar refractivity (Wildman–Crippen MR) is 139 cm³/mol. The molecule has 1 fully saturated rings. The number of nitrogens with one attached hydrogen (secondary N) is 1. The molecule has 9 heteroatoms. The number of urea groups is 1. The molecular weight excluding hydrogens is 580 g/mol. The number of aryl methyl sites for hydroxylation is 1. The second kappa shape index (κ2) is 10.5. The Balaban J connectivity index is 1.63. The van der Waals surface area contributed by atoms with Crippen LogP contribution in [-0.2, 0) is 16.2 Å². The standard InChI is InChI=1S/C26H20Br2N2O5/c1-15-3-5-16(6-4-15)14-35-23-13-21(28)17(12-22(23)34-2)11-20-24(31)29-26(33)30(25(20)32)19-9-7-18(27)8-10-19/h3-13H,14H2,1-2H3,(H,29,31,33)/b20-11+. The summed E-state index contributed by atoms with van der Waals surface area (Å²) in [5.41, 5.74) is 2.82. The number of benzene rings is 3. The third kappa shape index (κ3) is 5.47. The largest absolute Gasteiger partial charge is 0.493 e. The summed E-state index contributed by atoms with van der Waals surface area (Å²) in [7, 11) is 1.51. The van der Waals surface area contributed by atoms with Crippen molar-refractivity contribution in [3.05, 3.63) is 91.9 Å². The number of hydrogen-bond acceptors (Lipinski definition) is 5. The Morgan fingerprint density at radius 2 is 1.63 bits per heavy atom. The maximum atomic E-state index is 13.1. The van der Waals surface area contributed by atoms with Gasteiger partial charge in [-0.25, -0.2) is 9.69 Å². The monoisotopic (exact) mass is 598 g/mol. The summed E-state index contributed by atoms with van der Waals surface area (Å²) in [5.74, 6) is -0.588. The molecule has 3 aromatic carbocycles. The van der Waals surface area contributed by atoms with Gasteiger partial charge in [0.25, 0.3) is 11.8 Å². The van der Waals surface area contributed by atoms with E-state index < -0.39 is 17.8 Å². The van der Waals surface area contributed by atoms with E-state index in [4.69, 9.17) is 9.47 Å². The first-order chi connectivity index (χ1) is 16.8. The van der Waals surface area contributed by atoms with Gasteiger partial charge in [0, 0.05) is 8.95 Å². The third-order valence-corrected chi connectivity index (χ3v) is 6.50. The van der Waals surface area contributed by atoms with E-state index in [1.807, 2.05) is 31.2 Å². The number of halogens is 2. The average molecular weight is 600 g/mol. The van der Waals surface area contributed by atoms with Crippen LogP contribution in [0, 0.1) is 6.92 Å². The highest BCUT2D eigenvalue weighted by molar-refractivity contribution is 9.10. The van der Waals surface area contributed by atoms with Crippen LogP contribution in [0.15, 0.2) is 75.2 Å². The third-order valence-electron chi connectivity index (χ3n) is 5.28. The molecule has 0 radical (unpaired) electrons. The van der Waals surface area contributed by atoms with E-state index in [-0.39, 0.29) is 5.57 Å². The van der Waals surface area contributed by atoms with E-state index in [1.165, 1.54) is 13.2 Å². The van der Waals surface area contributed by atoms with Gasteiger partial charge in [-0.2, -0.15) is 0 Å². The fourth-order valence-corrected chi connectivity index (χ4v) is 4.12. The maximum absolute atomic E-state index is 13.1. The molecule has 0 aliphatic carbocycles. The first-order valence-electron chi connectivity index (χ1n) is 10.5. The molecule has 178 valence electrons. The van der Waals surface area contributed by atoms with Crippen LogP contribution in [0.2, 0.25) is 0 Å². The normalized spacial score (nSPS) is 14.8. The van der Waals surface area contributed by atoms with Crippen LogP contribution in [0.5, 0.6) is 11.5 Å². The molecule has 0 unspecified atom stereocenters. The molecule has 0 aromatic heterocycles. The van der Waals surface area contributed by atoms with Crippen LogP contribution in [-0.4, -0.2) is 25.0 Å². The quantitative estimate of drug-likeness (QED) is 0.287. The lowest BCUT2D eigenvalue weighted by Crippen LogP contribution is -2.54. The zero-order valence-corrected chi connectivity index (χ0v) is 22.0. The Kier molecular flexibility index (Phi) is 7.37. The molecule has 0 bridgehead atoms. The molecule has 1 aliphatic rings. The number of carbonyl (C=O) groups is 3. The van der Waals surface area contributed by atoms with Gasteiger partial charge in [0.2, 0.25) is 0 Å². The van der Waals surface area contributed by atoms with Crippen molar-refractivity contribution in [3.8, 4) is 11.5 Å². The maximum Gasteiger partial charge on any atom is 0.335 e. The molecule has 1 heterocycles. The number of amides is 4.